The number of hydrogen-bond acceptors (Lipinski definition) is 5. The van der Waals surface area contributed by atoms with Crippen LogP contribution in [0.3, 0.4) is 0 Å². The van der Waals surface area contributed by atoms with Gasteiger partial charge in [0.1, 0.15) is 12.4 Å². The van der Waals surface area contributed by atoms with Gasteiger partial charge < -0.3 is 19.5 Å². The lowest BCUT2D eigenvalue weighted by atomic mass is 10.1. The molecular formula is C20H23NO4. The molecule has 0 aromatic heterocycles. The van der Waals surface area contributed by atoms with Crippen molar-refractivity contribution in [3.05, 3.63) is 65.7 Å². The fourth-order valence-electron chi connectivity index (χ4n) is 2.88. The molecule has 25 heavy (non-hydrogen) atoms. The van der Waals surface area contributed by atoms with E-state index in [4.69, 9.17) is 9.47 Å². The number of carbonyl (C=O) groups is 1. The van der Waals surface area contributed by atoms with Gasteiger partial charge in [0.05, 0.1) is 31.4 Å². The molecule has 1 aliphatic heterocycles. The summed E-state index contributed by atoms with van der Waals surface area (Å²) in [7, 11) is 1.37. The number of nitrogens with one attached hydrogen (secondary N) is 1. The second kappa shape index (κ2) is 8.65. The standard InChI is InChI=1S/C20H23NO4/c1-23-20(22)16-7-9-17(10-8-16)24-14-18-19(11-12-21-18)25-13-15-5-3-2-4-6-15/h2-10,18-19,21H,11-14H2,1H3/t18-,19-/m1/s1. The molecule has 2 aromatic rings. The highest BCUT2D eigenvalue weighted by Gasteiger charge is 2.28. The molecule has 2 atom stereocenters. The number of hydrogen-bond donors (Lipinski definition) is 1. The summed E-state index contributed by atoms with van der Waals surface area (Å²) in [5.41, 5.74) is 1.69. The minimum Gasteiger partial charge on any atom is -0.492 e. The van der Waals surface area contributed by atoms with Crippen LogP contribution in [-0.2, 0) is 16.1 Å². The molecule has 5 heteroatoms. The van der Waals surface area contributed by atoms with Crippen molar-refractivity contribution in [2.45, 2.75) is 25.2 Å². The molecule has 132 valence electrons. The van der Waals surface area contributed by atoms with Gasteiger partial charge in [-0.1, -0.05) is 30.3 Å². The largest absolute Gasteiger partial charge is 0.492 e. The number of esters is 1. The number of benzene rings is 2. The predicted octanol–water partition coefficient (Wildman–Crippen LogP) is 2.80. The van der Waals surface area contributed by atoms with Crippen molar-refractivity contribution in [1.82, 2.24) is 5.32 Å². The molecule has 0 radical (unpaired) electrons. The van der Waals surface area contributed by atoms with Gasteiger partial charge in [0.15, 0.2) is 0 Å². The number of methoxy groups -OCH3 is 1. The first-order valence-corrected chi connectivity index (χ1v) is 8.46. The maximum Gasteiger partial charge on any atom is 0.337 e. The third-order valence-corrected chi connectivity index (χ3v) is 4.30. The molecule has 0 saturated carbocycles. The molecule has 0 aliphatic carbocycles. The van der Waals surface area contributed by atoms with Crippen LogP contribution in [0.1, 0.15) is 22.3 Å². The van der Waals surface area contributed by atoms with Crippen molar-refractivity contribution >= 4 is 5.97 Å². The Morgan fingerprint density at radius 1 is 1.12 bits per heavy atom. The maximum atomic E-state index is 11.4. The summed E-state index contributed by atoms with van der Waals surface area (Å²) in [6.07, 6.45) is 1.11. The fraction of sp³-hybridized carbons (Fsp3) is 0.350. The fourth-order valence-corrected chi connectivity index (χ4v) is 2.88. The zero-order valence-electron chi connectivity index (χ0n) is 14.3. The van der Waals surface area contributed by atoms with Crippen molar-refractivity contribution in [1.29, 1.82) is 0 Å². The Morgan fingerprint density at radius 3 is 2.60 bits per heavy atom. The molecule has 3 rings (SSSR count). The van der Waals surface area contributed by atoms with Gasteiger partial charge in [0.2, 0.25) is 0 Å². The topological polar surface area (TPSA) is 56.8 Å². The highest BCUT2D eigenvalue weighted by Crippen LogP contribution is 2.17. The Morgan fingerprint density at radius 2 is 1.88 bits per heavy atom. The van der Waals surface area contributed by atoms with Gasteiger partial charge in [-0.05, 0) is 42.8 Å². The summed E-state index contributed by atoms with van der Waals surface area (Å²) < 4.78 is 16.6. The normalized spacial score (nSPS) is 19.6. The van der Waals surface area contributed by atoms with Crippen LogP contribution in [0.4, 0.5) is 0 Å². The predicted molar refractivity (Wildman–Crippen MR) is 94.7 cm³/mol. The van der Waals surface area contributed by atoms with Gasteiger partial charge in [-0.2, -0.15) is 0 Å². The van der Waals surface area contributed by atoms with Crippen LogP contribution in [0.2, 0.25) is 0 Å². The van der Waals surface area contributed by atoms with E-state index in [9.17, 15) is 4.79 Å². The van der Waals surface area contributed by atoms with E-state index in [0.29, 0.717) is 18.8 Å². The van der Waals surface area contributed by atoms with Gasteiger partial charge in [0, 0.05) is 0 Å². The summed E-state index contributed by atoms with van der Waals surface area (Å²) in [6.45, 7) is 2.06. The van der Waals surface area contributed by atoms with Crippen LogP contribution in [0.15, 0.2) is 54.6 Å². The zero-order chi connectivity index (χ0) is 17.5. The van der Waals surface area contributed by atoms with Crippen LogP contribution < -0.4 is 10.1 Å². The molecule has 0 unspecified atom stereocenters. The average Bonchev–Trinajstić information content (AvgIpc) is 3.13. The summed E-state index contributed by atoms with van der Waals surface area (Å²) in [4.78, 5) is 11.4. The van der Waals surface area contributed by atoms with Crippen LogP contribution >= 0.6 is 0 Å². The SMILES string of the molecule is COC(=O)c1ccc(OC[C@H]2NCC[C@H]2OCc2ccccc2)cc1. The molecular weight excluding hydrogens is 318 g/mol. The van der Waals surface area contributed by atoms with Crippen molar-refractivity contribution in [2.75, 3.05) is 20.3 Å². The smallest absolute Gasteiger partial charge is 0.337 e. The van der Waals surface area contributed by atoms with Crippen molar-refractivity contribution < 1.29 is 19.0 Å². The highest BCUT2D eigenvalue weighted by atomic mass is 16.5. The second-order valence-corrected chi connectivity index (χ2v) is 6.01. The summed E-state index contributed by atoms with van der Waals surface area (Å²) >= 11 is 0. The molecule has 2 aromatic carbocycles. The molecule has 5 nitrogen and oxygen atoms in total. The van der Waals surface area contributed by atoms with Crippen molar-refractivity contribution in [2.24, 2.45) is 0 Å². The highest BCUT2D eigenvalue weighted by molar-refractivity contribution is 5.89. The molecule has 0 bridgehead atoms. The molecule has 1 heterocycles. The molecule has 1 saturated heterocycles. The van der Waals surface area contributed by atoms with Gasteiger partial charge in [-0.25, -0.2) is 4.79 Å². The van der Waals surface area contributed by atoms with E-state index in [1.54, 1.807) is 24.3 Å². The third kappa shape index (κ3) is 4.81. The van der Waals surface area contributed by atoms with Crippen molar-refractivity contribution in [3.8, 4) is 5.75 Å². The van der Waals surface area contributed by atoms with Gasteiger partial charge >= 0.3 is 5.97 Å². The number of carbonyl (C=O) groups excluding carboxylic acids is 1. The van der Waals surface area contributed by atoms with Crippen molar-refractivity contribution in [3.63, 3.8) is 0 Å². The van der Waals surface area contributed by atoms with E-state index in [1.165, 1.54) is 12.7 Å². The Kier molecular flexibility index (Phi) is 6.04. The first kappa shape index (κ1) is 17.5. The molecule has 1 aliphatic rings. The number of ether oxygens (including phenoxy) is 3. The Hall–Kier alpha value is -2.37. The van der Waals surface area contributed by atoms with Crippen LogP contribution in [-0.4, -0.2) is 38.4 Å². The number of rotatable bonds is 7. The summed E-state index contributed by atoms with van der Waals surface area (Å²) in [6, 6.07) is 17.3. The van der Waals surface area contributed by atoms with E-state index >= 15 is 0 Å². The van der Waals surface area contributed by atoms with Crippen LogP contribution in [0, 0.1) is 0 Å². The third-order valence-electron chi connectivity index (χ3n) is 4.30. The van der Waals surface area contributed by atoms with Gasteiger partial charge in [-0.15, -0.1) is 0 Å². The van der Waals surface area contributed by atoms with Gasteiger partial charge in [-0.3, -0.25) is 0 Å². The molecule has 0 spiro atoms. The maximum absolute atomic E-state index is 11.4. The summed E-state index contributed by atoms with van der Waals surface area (Å²) in [5.74, 6) is 0.376. The van der Waals surface area contributed by atoms with E-state index in [2.05, 4.69) is 22.2 Å². The quantitative estimate of drug-likeness (QED) is 0.785. The van der Waals surface area contributed by atoms with E-state index in [-0.39, 0.29) is 18.1 Å². The molecule has 1 N–H and O–H groups in total. The summed E-state index contributed by atoms with van der Waals surface area (Å²) in [5, 5.41) is 3.43. The van der Waals surface area contributed by atoms with E-state index in [0.717, 1.165) is 18.7 Å². The van der Waals surface area contributed by atoms with E-state index in [1.807, 2.05) is 18.2 Å². The molecule has 1 fully saturated rings. The van der Waals surface area contributed by atoms with Crippen LogP contribution in [0.5, 0.6) is 5.75 Å². The molecule has 0 amide bonds. The lowest BCUT2D eigenvalue weighted by molar-refractivity contribution is 0.0225. The first-order chi connectivity index (χ1) is 12.3. The van der Waals surface area contributed by atoms with Gasteiger partial charge in [0.25, 0.3) is 0 Å². The minimum atomic E-state index is -0.349. The lowest BCUT2D eigenvalue weighted by Crippen LogP contribution is -2.37. The lowest BCUT2D eigenvalue weighted by Gasteiger charge is -2.20. The van der Waals surface area contributed by atoms with E-state index < -0.39 is 0 Å². The average molecular weight is 341 g/mol. The first-order valence-electron chi connectivity index (χ1n) is 8.46. The Balaban J connectivity index is 1.49. The Labute approximate surface area is 147 Å². The Bertz CT molecular complexity index is 672. The van der Waals surface area contributed by atoms with Crippen LogP contribution in [0.25, 0.3) is 0 Å². The zero-order valence-corrected chi connectivity index (χ0v) is 14.3. The minimum absolute atomic E-state index is 0.134. The second-order valence-electron chi connectivity index (χ2n) is 6.01. The monoisotopic (exact) mass is 341 g/mol.